The average molecular weight is 695 g/mol. The molecule has 2 heterocycles. The van der Waals surface area contributed by atoms with Gasteiger partial charge in [-0.1, -0.05) is 133 Å². The summed E-state index contributed by atoms with van der Waals surface area (Å²) in [5, 5.41) is 8.56. The van der Waals surface area contributed by atoms with Gasteiger partial charge in [-0.15, -0.1) is 0 Å². The zero-order chi connectivity index (χ0) is 34.4. The SMILES string of the molecule is O=P(c1ccccc1)(c1ccccc1)c1ccc2c(c1)c1cc(P(=O)(c3ccccc3)c3ccccc3)ccc1n2-c1cccc2ccncc12. The van der Waals surface area contributed by atoms with Crippen LogP contribution in [-0.4, -0.2) is 9.55 Å². The van der Waals surface area contributed by atoms with Crippen LogP contribution in [0.5, 0.6) is 0 Å². The first-order chi connectivity index (χ1) is 25.1. The molecule has 6 heteroatoms. The summed E-state index contributed by atoms with van der Waals surface area (Å²) in [6, 6.07) is 59.7. The lowest BCUT2D eigenvalue weighted by atomic mass is 10.1. The molecule has 2 aromatic heterocycles. The van der Waals surface area contributed by atoms with Gasteiger partial charge in [0, 0.05) is 60.4 Å². The normalized spacial score (nSPS) is 12.1. The summed E-state index contributed by atoms with van der Waals surface area (Å²) in [4.78, 5) is 4.48. The molecule has 0 bridgehead atoms. The molecular weight excluding hydrogens is 662 g/mol. The Labute approximate surface area is 296 Å². The predicted octanol–water partition coefficient (Wildman–Crippen LogP) is 8.61. The molecule has 51 heavy (non-hydrogen) atoms. The van der Waals surface area contributed by atoms with Crippen molar-refractivity contribution in [2.24, 2.45) is 0 Å². The summed E-state index contributed by atoms with van der Waals surface area (Å²) in [5.41, 5.74) is 2.91. The van der Waals surface area contributed by atoms with Gasteiger partial charge >= 0.3 is 0 Å². The Kier molecular flexibility index (Phi) is 7.66. The van der Waals surface area contributed by atoms with E-state index in [-0.39, 0.29) is 0 Å². The van der Waals surface area contributed by atoms with Crippen LogP contribution in [0.15, 0.2) is 194 Å². The molecule has 0 saturated heterocycles. The van der Waals surface area contributed by atoms with Crippen LogP contribution < -0.4 is 31.8 Å². The van der Waals surface area contributed by atoms with Crippen LogP contribution >= 0.6 is 14.3 Å². The molecular formula is C45H32N2O2P2. The van der Waals surface area contributed by atoms with E-state index in [1.807, 2.05) is 152 Å². The van der Waals surface area contributed by atoms with Gasteiger partial charge in [0.25, 0.3) is 0 Å². The van der Waals surface area contributed by atoms with Crippen molar-refractivity contribution in [1.29, 1.82) is 0 Å². The van der Waals surface area contributed by atoms with E-state index in [9.17, 15) is 0 Å². The van der Waals surface area contributed by atoms with E-state index in [2.05, 4.69) is 52.0 Å². The standard InChI is InChI=1S/C45H32N2O2P2/c48-50(34-15-5-1-6-16-34,35-17-7-2-8-18-35)38-24-26-44-40(30-38)41-31-39(51(49,36-19-9-3-10-20-36)37-21-11-4-12-22-37)25-27-45(41)47(44)43-23-13-14-33-28-29-46-32-42(33)43/h1-32H. The summed E-state index contributed by atoms with van der Waals surface area (Å²) in [5.74, 6) is 0. The maximum Gasteiger partial charge on any atom is 0.171 e. The second kappa shape index (κ2) is 12.5. The van der Waals surface area contributed by atoms with Crippen LogP contribution in [0.3, 0.4) is 0 Å². The Balaban J connectivity index is 1.38. The third kappa shape index (κ3) is 5.02. The first-order valence-corrected chi connectivity index (χ1v) is 20.3. The Morgan fingerprint density at radius 2 is 0.824 bits per heavy atom. The molecule has 4 nitrogen and oxygen atoms in total. The van der Waals surface area contributed by atoms with Crippen LogP contribution in [-0.2, 0) is 9.13 Å². The van der Waals surface area contributed by atoms with Crippen molar-refractivity contribution in [3.05, 3.63) is 194 Å². The smallest absolute Gasteiger partial charge is 0.171 e. The molecule has 0 aliphatic carbocycles. The van der Waals surface area contributed by atoms with Crippen molar-refractivity contribution in [2.75, 3.05) is 0 Å². The first kappa shape index (κ1) is 31.2. The van der Waals surface area contributed by atoms with Gasteiger partial charge in [0.15, 0.2) is 14.3 Å². The zero-order valence-electron chi connectivity index (χ0n) is 27.6. The van der Waals surface area contributed by atoms with E-state index in [1.54, 1.807) is 0 Å². The number of hydrogen-bond acceptors (Lipinski definition) is 3. The fourth-order valence-corrected chi connectivity index (χ4v) is 12.7. The van der Waals surface area contributed by atoms with Crippen LogP contribution in [0.2, 0.25) is 0 Å². The van der Waals surface area contributed by atoms with Crippen LogP contribution in [0.25, 0.3) is 38.3 Å². The molecule has 0 fully saturated rings. The van der Waals surface area contributed by atoms with Crippen molar-refractivity contribution in [3.63, 3.8) is 0 Å². The number of pyridine rings is 1. The van der Waals surface area contributed by atoms with Crippen LogP contribution in [0.4, 0.5) is 0 Å². The van der Waals surface area contributed by atoms with E-state index in [4.69, 9.17) is 0 Å². The summed E-state index contributed by atoms with van der Waals surface area (Å²) in [7, 11) is -6.55. The number of benzene rings is 7. The maximum atomic E-state index is 15.6. The van der Waals surface area contributed by atoms with Gasteiger partial charge in [-0.25, -0.2) is 0 Å². The highest BCUT2D eigenvalue weighted by atomic mass is 31.2. The molecule has 0 saturated carbocycles. The fourth-order valence-electron chi connectivity index (χ4n) is 7.39. The molecule has 0 amide bonds. The molecule has 0 radical (unpaired) electrons. The lowest BCUT2D eigenvalue weighted by Gasteiger charge is -2.20. The van der Waals surface area contributed by atoms with E-state index in [0.29, 0.717) is 0 Å². The summed E-state index contributed by atoms with van der Waals surface area (Å²) < 4.78 is 33.4. The van der Waals surface area contributed by atoms with Gasteiger partial charge in [-0.2, -0.15) is 0 Å². The Morgan fingerprint density at radius 3 is 1.25 bits per heavy atom. The van der Waals surface area contributed by atoms with E-state index < -0.39 is 14.3 Å². The van der Waals surface area contributed by atoms with Crippen LogP contribution in [0.1, 0.15) is 0 Å². The first-order valence-electron chi connectivity index (χ1n) is 16.9. The highest BCUT2D eigenvalue weighted by Crippen LogP contribution is 2.46. The second-order valence-electron chi connectivity index (χ2n) is 12.7. The average Bonchev–Trinajstić information content (AvgIpc) is 3.54. The number of rotatable bonds is 7. The number of nitrogens with zero attached hydrogens (tertiary/aromatic N) is 2. The zero-order valence-corrected chi connectivity index (χ0v) is 29.4. The van der Waals surface area contributed by atoms with Gasteiger partial charge < -0.3 is 13.7 Å². The minimum absolute atomic E-state index is 0.741. The quantitative estimate of drug-likeness (QED) is 0.157. The van der Waals surface area contributed by atoms with Gasteiger partial charge in [-0.05, 0) is 53.9 Å². The monoisotopic (exact) mass is 694 g/mol. The largest absolute Gasteiger partial charge is 0.309 e. The highest BCUT2D eigenvalue weighted by Gasteiger charge is 2.32. The number of hydrogen-bond donors (Lipinski definition) is 0. The lowest BCUT2D eigenvalue weighted by molar-refractivity contribution is 0.591. The van der Waals surface area contributed by atoms with Crippen molar-refractivity contribution in [1.82, 2.24) is 9.55 Å². The summed E-state index contributed by atoms with van der Waals surface area (Å²) in [6.45, 7) is 0. The third-order valence-electron chi connectivity index (χ3n) is 9.84. The molecule has 0 aliphatic heterocycles. The molecule has 0 spiro atoms. The van der Waals surface area contributed by atoms with Gasteiger partial charge in [0.05, 0.1) is 16.7 Å². The van der Waals surface area contributed by atoms with Crippen LogP contribution in [0, 0.1) is 0 Å². The van der Waals surface area contributed by atoms with Gasteiger partial charge in [0.1, 0.15) is 0 Å². The van der Waals surface area contributed by atoms with Gasteiger partial charge in [0.2, 0.25) is 0 Å². The van der Waals surface area contributed by atoms with Crippen molar-refractivity contribution >= 4 is 78.7 Å². The van der Waals surface area contributed by atoms with Gasteiger partial charge in [-0.3, -0.25) is 4.98 Å². The van der Waals surface area contributed by atoms with Crippen molar-refractivity contribution < 1.29 is 9.13 Å². The summed E-state index contributed by atoms with van der Waals surface area (Å²) in [6.07, 6.45) is 3.72. The lowest BCUT2D eigenvalue weighted by Crippen LogP contribution is -2.25. The Hall–Kier alpha value is -5.79. The van der Waals surface area contributed by atoms with E-state index >= 15 is 9.13 Å². The molecule has 0 aliphatic rings. The highest BCUT2D eigenvalue weighted by molar-refractivity contribution is 7.85. The van der Waals surface area contributed by atoms with E-state index in [0.717, 1.165) is 70.1 Å². The van der Waals surface area contributed by atoms with Crippen molar-refractivity contribution in [3.8, 4) is 5.69 Å². The minimum Gasteiger partial charge on any atom is -0.309 e. The third-order valence-corrected chi connectivity index (χ3v) is 16.0. The molecule has 0 atom stereocenters. The minimum atomic E-state index is -3.27. The maximum absolute atomic E-state index is 15.6. The summed E-state index contributed by atoms with van der Waals surface area (Å²) >= 11 is 0. The molecule has 0 unspecified atom stereocenters. The molecule has 9 rings (SSSR count). The number of fused-ring (bicyclic) bond motifs is 4. The fraction of sp³-hybridized carbons (Fsp3) is 0. The topological polar surface area (TPSA) is 52.0 Å². The molecule has 244 valence electrons. The van der Waals surface area contributed by atoms with Crippen molar-refractivity contribution in [2.45, 2.75) is 0 Å². The predicted molar refractivity (Wildman–Crippen MR) is 215 cm³/mol. The number of aromatic nitrogens is 2. The second-order valence-corrected chi connectivity index (χ2v) is 18.2. The van der Waals surface area contributed by atoms with E-state index in [1.165, 1.54) is 0 Å². The molecule has 0 N–H and O–H groups in total. The Morgan fingerprint density at radius 1 is 0.392 bits per heavy atom. The molecule has 7 aromatic carbocycles. The Bertz CT molecular complexity index is 2550. The molecule has 9 aromatic rings.